The van der Waals surface area contributed by atoms with Crippen molar-refractivity contribution < 1.29 is 0 Å². The molecule has 0 saturated heterocycles. The lowest BCUT2D eigenvalue weighted by molar-refractivity contribution is 0.368. The van der Waals surface area contributed by atoms with Crippen LogP contribution < -0.4 is 0 Å². The molecule has 0 unspecified atom stereocenters. The standard InChI is InChI=1S/C10H12N2/c1-3-7-12(2)9-10-5-4-6-11-8-10/h1,4-6,8H,7,9H2,2H3. The average molecular weight is 160 g/mol. The highest BCUT2D eigenvalue weighted by molar-refractivity contribution is 5.08. The second kappa shape index (κ2) is 4.53. The molecule has 1 rings (SSSR count). The summed E-state index contributed by atoms with van der Waals surface area (Å²) < 4.78 is 0. The molecule has 2 heteroatoms. The molecule has 0 aliphatic heterocycles. The first kappa shape index (κ1) is 8.76. The zero-order valence-corrected chi connectivity index (χ0v) is 7.20. The Morgan fingerprint density at radius 1 is 1.67 bits per heavy atom. The topological polar surface area (TPSA) is 16.1 Å². The van der Waals surface area contributed by atoms with Gasteiger partial charge in [0.1, 0.15) is 0 Å². The summed E-state index contributed by atoms with van der Waals surface area (Å²) >= 11 is 0. The van der Waals surface area contributed by atoms with Crippen LogP contribution in [-0.2, 0) is 6.54 Å². The molecule has 1 heterocycles. The van der Waals surface area contributed by atoms with E-state index < -0.39 is 0 Å². The van der Waals surface area contributed by atoms with Crippen LogP contribution in [0.2, 0.25) is 0 Å². The SMILES string of the molecule is C#CCN(C)Cc1cccnc1. The Balaban J connectivity index is 2.48. The minimum atomic E-state index is 0.675. The van der Waals surface area contributed by atoms with Gasteiger partial charge in [0.2, 0.25) is 0 Å². The molecule has 1 aromatic heterocycles. The Morgan fingerprint density at radius 2 is 2.50 bits per heavy atom. The fourth-order valence-corrected chi connectivity index (χ4v) is 1.02. The van der Waals surface area contributed by atoms with Crippen molar-refractivity contribution in [3.05, 3.63) is 30.1 Å². The van der Waals surface area contributed by atoms with Crippen LogP contribution in [0.15, 0.2) is 24.5 Å². The van der Waals surface area contributed by atoms with E-state index in [4.69, 9.17) is 6.42 Å². The summed E-state index contributed by atoms with van der Waals surface area (Å²) in [6.07, 6.45) is 8.80. The first-order valence-corrected chi connectivity index (χ1v) is 3.84. The lowest BCUT2D eigenvalue weighted by atomic mass is 10.3. The van der Waals surface area contributed by atoms with E-state index in [9.17, 15) is 0 Å². The van der Waals surface area contributed by atoms with E-state index >= 15 is 0 Å². The van der Waals surface area contributed by atoms with Gasteiger partial charge in [-0.3, -0.25) is 9.88 Å². The fourth-order valence-electron chi connectivity index (χ4n) is 1.02. The van der Waals surface area contributed by atoms with Crippen LogP contribution in [0.5, 0.6) is 0 Å². The van der Waals surface area contributed by atoms with Crippen LogP contribution >= 0.6 is 0 Å². The zero-order valence-electron chi connectivity index (χ0n) is 7.20. The monoisotopic (exact) mass is 160 g/mol. The lowest BCUT2D eigenvalue weighted by Crippen LogP contribution is -2.17. The number of hydrogen-bond donors (Lipinski definition) is 0. The highest BCUT2D eigenvalue weighted by Crippen LogP contribution is 1.99. The lowest BCUT2D eigenvalue weighted by Gasteiger charge is -2.11. The largest absolute Gasteiger partial charge is 0.291 e. The first-order chi connectivity index (χ1) is 5.83. The number of hydrogen-bond acceptors (Lipinski definition) is 2. The summed E-state index contributed by atoms with van der Waals surface area (Å²) in [4.78, 5) is 6.09. The Morgan fingerprint density at radius 3 is 3.08 bits per heavy atom. The van der Waals surface area contributed by atoms with Gasteiger partial charge < -0.3 is 0 Å². The molecule has 0 atom stereocenters. The van der Waals surface area contributed by atoms with Gasteiger partial charge in [-0.05, 0) is 18.7 Å². The molecule has 0 aliphatic carbocycles. The summed E-state index contributed by atoms with van der Waals surface area (Å²) in [6.45, 7) is 1.53. The predicted molar refractivity (Wildman–Crippen MR) is 49.4 cm³/mol. The van der Waals surface area contributed by atoms with Crippen molar-refractivity contribution >= 4 is 0 Å². The molecule has 0 radical (unpaired) electrons. The minimum Gasteiger partial charge on any atom is -0.291 e. The zero-order chi connectivity index (χ0) is 8.81. The Kier molecular flexibility index (Phi) is 3.31. The Labute approximate surface area is 73.2 Å². The third-order valence-corrected chi connectivity index (χ3v) is 1.54. The molecule has 1 aromatic rings. The average Bonchev–Trinajstić information content (AvgIpc) is 2.06. The van der Waals surface area contributed by atoms with E-state index in [1.165, 1.54) is 5.56 Å². The molecule has 0 bridgehead atoms. The molecule has 0 spiro atoms. The number of aromatic nitrogens is 1. The van der Waals surface area contributed by atoms with Crippen LogP contribution in [0.25, 0.3) is 0 Å². The van der Waals surface area contributed by atoms with Crippen molar-refractivity contribution in [3.63, 3.8) is 0 Å². The molecule has 0 saturated carbocycles. The van der Waals surface area contributed by atoms with Crippen LogP contribution in [0.1, 0.15) is 5.56 Å². The highest BCUT2D eigenvalue weighted by Gasteiger charge is 1.96. The summed E-state index contributed by atoms with van der Waals surface area (Å²) in [7, 11) is 1.99. The van der Waals surface area contributed by atoms with E-state index in [-0.39, 0.29) is 0 Å². The van der Waals surface area contributed by atoms with E-state index in [1.54, 1.807) is 6.20 Å². The van der Waals surface area contributed by atoms with Crippen LogP contribution in [-0.4, -0.2) is 23.5 Å². The van der Waals surface area contributed by atoms with Gasteiger partial charge >= 0.3 is 0 Å². The van der Waals surface area contributed by atoms with Gasteiger partial charge in [0.05, 0.1) is 6.54 Å². The molecule has 2 nitrogen and oxygen atoms in total. The maximum Gasteiger partial charge on any atom is 0.0599 e. The molecule has 0 N–H and O–H groups in total. The Hall–Kier alpha value is -1.33. The summed E-state index contributed by atoms with van der Waals surface area (Å²) in [6, 6.07) is 3.97. The molecule has 62 valence electrons. The van der Waals surface area contributed by atoms with Crippen LogP contribution in [0.4, 0.5) is 0 Å². The molecule has 12 heavy (non-hydrogen) atoms. The van der Waals surface area contributed by atoms with Crippen molar-refractivity contribution in [2.45, 2.75) is 6.54 Å². The summed E-state index contributed by atoms with van der Waals surface area (Å²) in [5, 5.41) is 0. The summed E-state index contributed by atoms with van der Waals surface area (Å²) in [5.74, 6) is 2.59. The van der Waals surface area contributed by atoms with Crippen molar-refractivity contribution in [1.29, 1.82) is 0 Å². The van der Waals surface area contributed by atoms with Crippen LogP contribution in [0, 0.1) is 12.3 Å². The second-order valence-electron chi connectivity index (χ2n) is 2.74. The van der Waals surface area contributed by atoms with E-state index in [0.29, 0.717) is 6.54 Å². The quantitative estimate of drug-likeness (QED) is 0.616. The molecule has 0 aromatic carbocycles. The van der Waals surface area contributed by atoms with E-state index in [1.807, 2.05) is 25.4 Å². The van der Waals surface area contributed by atoms with E-state index in [0.717, 1.165) is 6.54 Å². The minimum absolute atomic E-state index is 0.675. The van der Waals surface area contributed by atoms with Crippen molar-refractivity contribution in [1.82, 2.24) is 9.88 Å². The van der Waals surface area contributed by atoms with Crippen molar-refractivity contribution in [2.75, 3.05) is 13.6 Å². The maximum absolute atomic E-state index is 5.18. The van der Waals surface area contributed by atoms with E-state index in [2.05, 4.69) is 15.8 Å². The molecular weight excluding hydrogens is 148 g/mol. The van der Waals surface area contributed by atoms with Gasteiger partial charge in [-0.15, -0.1) is 6.42 Å². The van der Waals surface area contributed by atoms with Crippen LogP contribution in [0.3, 0.4) is 0 Å². The fraction of sp³-hybridized carbons (Fsp3) is 0.300. The van der Waals surface area contributed by atoms with Gasteiger partial charge in [0.15, 0.2) is 0 Å². The molecule has 0 aliphatic rings. The normalized spacial score (nSPS) is 9.75. The number of nitrogens with zero attached hydrogens (tertiary/aromatic N) is 2. The number of terminal acetylenes is 1. The predicted octanol–water partition coefficient (Wildman–Crippen LogP) is 1.15. The molecule has 0 fully saturated rings. The maximum atomic E-state index is 5.18. The van der Waals surface area contributed by atoms with Crippen molar-refractivity contribution in [2.24, 2.45) is 0 Å². The van der Waals surface area contributed by atoms with Gasteiger partial charge in [-0.2, -0.15) is 0 Å². The smallest absolute Gasteiger partial charge is 0.0599 e. The van der Waals surface area contributed by atoms with Crippen molar-refractivity contribution in [3.8, 4) is 12.3 Å². The molecule has 0 amide bonds. The molecular formula is C10H12N2. The number of rotatable bonds is 3. The summed E-state index contributed by atoms with van der Waals surface area (Å²) in [5.41, 5.74) is 1.19. The van der Waals surface area contributed by atoms with Gasteiger partial charge in [-0.25, -0.2) is 0 Å². The van der Waals surface area contributed by atoms with Gasteiger partial charge in [0.25, 0.3) is 0 Å². The highest BCUT2D eigenvalue weighted by atomic mass is 15.1. The first-order valence-electron chi connectivity index (χ1n) is 3.84. The third-order valence-electron chi connectivity index (χ3n) is 1.54. The van der Waals surface area contributed by atoms with Gasteiger partial charge in [-0.1, -0.05) is 12.0 Å². The third kappa shape index (κ3) is 2.73. The van der Waals surface area contributed by atoms with Gasteiger partial charge in [0, 0.05) is 18.9 Å². The number of pyridine rings is 1. The Bertz CT molecular complexity index is 261. The second-order valence-corrected chi connectivity index (χ2v) is 2.74.